The normalized spacial score (nSPS) is 13.9. The molecule has 1 aromatic heterocycles. The van der Waals surface area contributed by atoms with Crippen LogP contribution in [0.25, 0.3) is 11.0 Å². The van der Waals surface area contributed by atoms with E-state index in [2.05, 4.69) is 5.32 Å². The standard InChI is InChI=1S/C14H16F3NO/c1-3-18-11(8-14(15,16)17)12-7-10-6-4-5-9(2)13(10)19-12/h4-7,11,18H,3,8H2,1-2H3. The number of aryl methyl sites for hydroxylation is 1. The van der Waals surface area contributed by atoms with Crippen molar-refractivity contribution in [3.63, 3.8) is 0 Å². The van der Waals surface area contributed by atoms with Crippen LogP contribution in [-0.4, -0.2) is 12.7 Å². The third-order valence-electron chi connectivity index (χ3n) is 2.99. The largest absolute Gasteiger partial charge is 0.459 e. The molecule has 0 aliphatic rings. The second-order valence-corrected chi connectivity index (χ2v) is 4.57. The second-order valence-electron chi connectivity index (χ2n) is 4.57. The molecule has 5 heteroatoms. The smallest absolute Gasteiger partial charge is 0.391 e. The van der Waals surface area contributed by atoms with Crippen molar-refractivity contribution in [1.82, 2.24) is 5.32 Å². The highest BCUT2D eigenvalue weighted by atomic mass is 19.4. The lowest BCUT2D eigenvalue weighted by Gasteiger charge is -2.17. The van der Waals surface area contributed by atoms with Crippen LogP contribution < -0.4 is 5.32 Å². The lowest BCUT2D eigenvalue weighted by molar-refractivity contribution is -0.141. The van der Waals surface area contributed by atoms with E-state index in [9.17, 15) is 13.2 Å². The molecule has 0 aliphatic carbocycles. The maximum atomic E-state index is 12.6. The zero-order chi connectivity index (χ0) is 14.0. The maximum Gasteiger partial charge on any atom is 0.391 e. The minimum atomic E-state index is -4.22. The van der Waals surface area contributed by atoms with Crippen LogP contribution >= 0.6 is 0 Å². The number of fused-ring (bicyclic) bond motifs is 1. The van der Waals surface area contributed by atoms with Crippen LogP contribution in [0, 0.1) is 6.92 Å². The summed E-state index contributed by atoms with van der Waals surface area (Å²) in [5.74, 6) is 0.337. The third-order valence-corrected chi connectivity index (χ3v) is 2.99. The van der Waals surface area contributed by atoms with Gasteiger partial charge in [-0.1, -0.05) is 25.1 Å². The summed E-state index contributed by atoms with van der Waals surface area (Å²) in [4.78, 5) is 0. The summed E-state index contributed by atoms with van der Waals surface area (Å²) in [5, 5.41) is 3.66. The van der Waals surface area contributed by atoms with Gasteiger partial charge in [-0.3, -0.25) is 0 Å². The summed E-state index contributed by atoms with van der Waals surface area (Å²) in [6.07, 6.45) is -5.15. The fourth-order valence-corrected chi connectivity index (χ4v) is 2.15. The quantitative estimate of drug-likeness (QED) is 0.894. The highest BCUT2D eigenvalue weighted by Gasteiger charge is 2.33. The lowest BCUT2D eigenvalue weighted by atomic mass is 10.1. The second kappa shape index (κ2) is 5.25. The lowest BCUT2D eigenvalue weighted by Crippen LogP contribution is -2.26. The molecule has 2 nitrogen and oxygen atoms in total. The van der Waals surface area contributed by atoms with Crippen LogP contribution in [0.5, 0.6) is 0 Å². The monoisotopic (exact) mass is 271 g/mol. The molecule has 0 spiro atoms. The molecule has 0 saturated carbocycles. The highest BCUT2D eigenvalue weighted by molar-refractivity contribution is 5.81. The molecule has 0 saturated heterocycles. The Morgan fingerprint density at radius 2 is 2.05 bits per heavy atom. The number of halogens is 3. The van der Waals surface area contributed by atoms with Gasteiger partial charge in [0.05, 0.1) is 12.5 Å². The predicted octanol–water partition coefficient (Wildman–Crippen LogP) is 4.34. The number of rotatable bonds is 4. The molecule has 2 aromatic rings. The van der Waals surface area contributed by atoms with Gasteiger partial charge in [0.2, 0.25) is 0 Å². The van der Waals surface area contributed by atoms with Gasteiger partial charge in [-0.25, -0.2) is 0 Å². The first-order valence-electron chi connectivity index (χ1n) is 6.20. The molecule has 1 atom stereocenters. The average Bonchev–Trinajstić information content (AvgIpc) is 2.72. The Morgan fingerprint density at radius 1 is 1.32 bits per heavy atom. The van der Waals surface area contributed by atoms with E-state index >= 15 is 0 Å². The molecular weight excluding hydrogens is 255 g/mol. The fraction of sp³-hybridized carbons (Fsp3) is 0.429. The minimum absolute atomic E-state index is 0.337. The molecule has 1 aromatic carbocycles. The Kier molecular flexibility index (Phi) is 3.85. The Labute approximate surface area is 109 Å². The van der Waals surface area contributed by atoms with Gasteiger partial charge in [-0.05, 0) is 25.1 Å². The summed E-state index contributed by atoms with van der Waals surface area (Å²) >= 11 is 0. The third kappa shape index (κ3) is 3.29. The molecule has 2 rings (SSSR count). The summed E-state index contributed by atoms with van der Waals surface area (Å²) in [5.41, 5.74) is 1.58. The number of furan rings is 1. The van der Waals surface area contributed by atoms with Crippen LogP contribution in [0.2, 0.25) is 0 Å². The van der Waals surface area contributed by atoms with E-state index in [1.807, 2.05) is 25.1 Å². The van der Waals surface area contributed by atoms with Crippen molar-refractivity contribution in [3.8, 4) is 0 Å². The van der Waals surface area contributed by atoms with Crippen molar-refractivity contribution in [3.05, 3.63) is 35.6 Å². The van der Waals surface area contributed by atoms with Gasteiger partial charge in [0.25, 0.3) is 0 Å². The number of benzene rings is 1. The van der Waals surface area contributed by atoms with Crippen molar-refractivity contribution in [1.29, 1.82) is 0 Å². The minimum Gasteiger partial charge on any atom is -0.459 e. The van der Waals surface area contributed by atoms with Gasteiger partial charge in [0, 0.05) is 5.39 Å². The Morgan fingerprint density at radius 3 is 2.63 bits per heavy atom. The number of nitrogens with one attached hydrogen (secondary N) is 1. The van der Waals surface area contributed by atoms with E-state index in [0.717, 1.165) is 10.9 Å². The number of para-hydroxylation sites is 1. The highest BCUT2D eigenvalue weighted by Crippen LogP contribution is 2.33. The molecule has 1 heterocycles. The van der Waals surface area contributed by atoms with Crippen molar-refractivity contribution in [2.24, 2.45) is 0 Å². The van der Waals surface area contributed by atoms with Gasteiger partial charge in [-0.15, -0.1) is 0 Å². The molecular formula is C14H16F3NO. The first kappa shape index (κ1) is 13.9. The maximum absolute atomic E-state index is 12.6. The summed E-state index contributed by atoms with van der Waals surface area (Å²) < 4.78 is 43.3. The molecule has 0 bridgehead atoms. The fourth-order valence-electron chi connectivity index (χ4n) is 2.15. The first-order valence-corrected chi connectivity index (χ1v) is 6.20. The van der Waals surface area contributed by atoms with Crippen molar-refractivity contribution < 1.29 is 17.6 Å². The van der Waals surface area contributed by atoms with Gasteiger partial charge in [-0.2, -0.15) is 13.2 Å². The zero-order valence-electron chi connectivity index (χ0n) is 10.8. The van der Waals surface area contributed by atoms with E-state index in [1.54, 1.807) is 13.0 Å². The molecule has 0 amide bonds. The molecule has 104 valence electrons. The van der Waals surface area contributed by atoms with Crippen molar-refractivity contribution in [2.75, 3.05) is 6.54 Å². The van der Waals surface area contributed by atoms with Crippen LogP contribution in [-0.2, 0) is 0 Å². The molecule has 0 radical (unpaired) electrons. The van der Waals surface area contributed by atoms with Crippen molar-refractivity contribution in [2.45, 2.75) is 32.5 Å². The molecule has 1 N–H and O–H groups in total. The summed E-state index contributed by atoms with van der Waals surface area (Å²) in [7, 11) is 0. The molecule has 1 unspecified atom stereocenters. The summed E-state index contributed by atoms with van der Waals surface area (Å²) in [6.45, 7) is 4.11. The zero-order valence-corrected chi connectivity index (χ0v) is 10.8. The van der Waals surface area contributed by atoms with Crippen LogP contribution in [0.15, 0.2) is 28.7 Å². The Hall–Kier alpha value is -1.49. The topological polar surface area (TPSA) is 25.2 Å². The van der Waals surface area contributed by atoms with E-state index < -0.39 is 18.6 Å². The van der Waals surface area contributed by atoms with E-state index in [1.165, 1.54) is 0 Å². The predicted molar refractivity (Wildman–Crippen MR) is 68.0 cm³/mol. The average molecular weight is 271 g/mol. The van der Waals surface area contributed by atoms with Gasteiger partial charge in [0.1, 0.15) is 11.3 Å². The van der Waals surface area contributed by atoms with Crippen LogP contribution in [0.1, 0.15) is 30.7 Å². The van der Waals surface area contributed by atoms with Crippen LogP contribution in [0.4, 0.5) is 13.2 Å². The van der Waals surface area contributed by atoms with Crippen molar-refractivity contribution >= 4 is 11.0 Å². The molecule has 0 fully saturated rings. The Balaban J connectivity index is 2.36. The first-order chi connectivity index (χ1) is 8.90. The van der Waals surface area contributed by atoms with E-state index in [0.29, 0.717) is 17.9 Å². The van der Waals surface area contributed by atoms with Crippen LogP contribution in [0.3, 0.4) is 0 Å². The number of hydrogen-bond donors (Lipinski definition) is 1. The molecule has 19 heavy (non-hydrogen) atoms. The molecule has 0 aliphatic heterocycles. The van der Waals surface area contributed by atoms with E-state index in [4.69, 9.17) is 4.42 Å². The Bertz CT molecular complexity index is 559. The number of alkyl halides is 3. The SMILES string of the molecule is CCNC(CC(F)(F)F)c1cc2cccc(C)c2o1. The number of hydrogen-bond acceptors (Lipinski definition) is 2. The van der Waals surface area contributed by atoms with Gasteiger partial charge < -0.3 is 9.73 Å². The van der Waals surface area contributed by atoms with E-state index in [-0.39, 0.29) is 0 Å². The summed E-state index contributed by atoms with van der Waals surface area (Å²) in [6, 6.07) is 6.43. The van der Waals surface area contributed by atoms with Gasteiger partial charge >= 0.3 is 6.18 Å². The van der Waals surface area contributed by atoms with Gasteiger partial charge in [0.15, 0.2) is 0 Å².